The second-order valence-corrected chi connectivity index (χ2v) is 7.61. The van der Waals surface area contributed by atoms with Crippen LogP contribution in [0.4, 0.5) is 0 Å². The molecule has 3 aromatic rings. The van der Waals surface area contributed by atoms with E-state index >= 15 is 0 Å². The largest absolute Gasteiger partial charge is 0.488 e. The summed E-state index contributed by atoms with van der Waals surface area (Å²) in [5, 5.41) is 18.3. The van der Waals surface area contributed by atoms with Crippen LogP contribution in [-0.4, -0.2) is 21.3 Å². The van der Waals surface area contributed by atoms with Crippen molar-refractivity contribution < 1.29 is 19.1 Å². The highest BCUT2D eigenvalue weighted by atomic mass is 35.5. The van der Waals surface area contributed by atoms with Crippen molar-refractivity contribution >= 4 is 47.0 Å². The van der Waals surface area contributed by atoms with Crippen LogP contribution >= 0.6 is 35.0 Å². The van der Waals surface area contributed by atoms with Crippen molar-refractivity contribution in [3.8, 4) is 5.75 Å². The standard InChI is InChI=1S/C20H16Cl2N2O4S/c1-2-18-23-24-20(28-18)29-17(19(25)26)10-13-5-3-4-6-16(13)27-11-12-7-8-14(21)15(22)9-12/h3-10H,2,11H2,1H3,(H,25,26)/b17-10-. The first-order valence-corrected chi connectivity index (χ1v) is 10.1. The number of benzene rings is 2. The predicted molar refractivity (Wildman–Crippen MR) is 112 cm³/mol. The molecule has 0 saturated heterocycles. The van der Waals surface area contributed by atoms with E-state index in [1.165, 1.54) is 6.08 Å². The van der Waals surface area contributed by atoms with Gasteiger partial charge in [-0.2, -0.15) is 0 Å². The molecule has 0 saturated carbocycles. The molecule has 0 spiro atoms. The van der Waals surface area contributed by atoms with E-state index in [4.69, 9.17) is 32.4 Å². The molecule has 0 unspecified atom stereocenters. The average Bonchev–Trinajstić information content (AvgIpc) is 3.17. The van der Waals surface area contributed by atoms with Crippen LogP contribution in [0, 0.1) is 0 Å². The van der Waals surface area contributed by atoms with Crippen LogP contribution in [0.1, 0.15) is 23.9 Å². The zero-order valence-electron chi connectivity index (χ0n) is 15.3. The number of hydrogen-bond acceptors (Lipinski definition) is 6. The molecule has 0 aliphatic heterocycles. The fraction of sp³-hybridized carbons (Fsp3) is 0.150. The molecule has 0 amide bonds. The highest BCUT2D eigenvalue weighted by Gasteiger charge is 2.16. The van der Waals surface area contributed by atoms with Gasteiger partial charge in [-0.25, -0.2) is 4.79 Å². The number of aromatic nitrogens is 2. The third-order valence-electron chi connectivity index (χ3n) is 3.74. The molecule has 1 N–H and O–H groups in total. The Labute approximate surface area is 181 Å². The molecule has 1 heterocycles. The molecule has 0 bridgehead atoms. The Morgan fingerprint density at radius 2 is 2.00 bits per heavy atom. The van der Waals surface area contributed by atoms with Gasteiger partial charge in [0, 0.05) is 12.0 Å². The Bertz CT molecular complexity index is 1050. The van der Waals surface area contributed by atoms with Gasteiger partial charge in [-0.05, 0) is 41.6 Å². The highest BCUT2D eigenvalue weighted by Crippen LogP contribution is 2.31. The van der Waals surface area contributed by atoms with Gasteiger partial charge in [0.05, 0.1) is 10.0 Å². The number of para-hydroxylation sites is 1. The summed E-state index contributed by atoms with van der Waals surface area (Å²) in [5.74, 6) is -0.133. The van der Waals surface area contributed by atoms with E-state index in [9.17, 15) is 9.90 Å². The Balaban J connectivity index is 1.81. The minimum absolute atomic E-state index is 0.0295. The lowest BCUT2D eigenvalue weighted by Crippen LogP contribution is -1.99. The number of nitrogens with zero attached hydrogens (tertiary/aromatic N) is 2. The van der Waals surface area contributed by atoms with Crippen molar-refractivity contribution in [2.75, 3.05) is 0 Å². The summed E-state index contributed by atoms with van der Waals surface area (Å²) in [7, 11) is 0. The number of halogens is 2. The Hall–Kier alpha value is -2.48. The smallest absolute Gasteiger partial charge is 0.342 e. The van der Waals surface area contributed by atoms with Crippen molar-refractivity contribution in [2.24, 2.45) is 0 Å². The van der Waals surface area contributed by atoms with Crippen LogP contribution in [0.15, 0.2) is 57.0 Å². The van der Waals surface area contributed by atoms with Gasteiger partial charge in [-0.3, -0.25) is 0 Å². The highest BCUT2D eigenvalue weighted by molar-refractivity contribution is 8.03. The summed E-state index contributed by atoms with van der Waals surface area (Å²) in [6.45, 7) is 2.12. The van der Waals surface area contributed by atoms with E-state index < -0.39 is 5.97 Å². The minimum atomic E-state index is -1.11. The molecular formula is C20H16Cl2N2O4S. The fourth-order valence-electron chi connectivity index (χ4n) is 2.31. The zero-order chi connectivity index (χ0) is 20.8. The summed E-state index contributed by atoms with van der Waals surface area (Å²) in [4.78, 5) is 11.7. The quantitative estimate of drug-likeness (QED) is 0.346. The molecule has 0 aliphatic rings. The van der Waals surface area contributed by atoms with Crippen molar-refractivity contribution in [1.82, 2.24) is 10.2 Å². The topological polar surface area (TPSA) is 85.5 Å². The maximum absolute atomic E-state index is 11.7. The second kappa shape index (κ2) is 9.82. The van der Waals surface area contributed by atoms with Crippen molar-refractivity contribution in [1.29, 1.82) is 0 Å². The Morgan fingerprint density at radius 3 is 2.69 bits per heavy atom. The number of rotatable bonds is 8. The predicted octanol–water partition coefficient (Wildman–Crippen LogP) is 5.74. The van der Waals surface area contributed by atoms with Crippen LogP contribution < -0.4 is 4.74 Å². The number of aryl methyl sites for hydroxylation is 1. The first kappa shape index (κ1) is 21.2. The van der Waals surface area contributed by atoms with Gasteiger partial charge in [-0.1, -0.05) is 54.4 Å². The van der Waals surface area contributed by atoms with Crippen LogP contribution in [0.2, 0.25) is 10.0 Å². The first-order valence-electron chi connectivity index (χ1n) is 8.57. The third kappa shape index (κ3) is 5.76. The lowest BCUT2D eigenvalue weighted by Gasteiger charge is -2.10. The van der Waals surface area contributed by atoms with Gasteiger partial charge < -0.3 is 14.3 Å². The van der Waals surface area contributed by atoms with Gasteiger partial charge in [-0.15, -0.1) is 10.2 Å². The lowest BCUT2D eigenvalue weighted by molar-refractivity contribution is -0.131. The molecule has 3 rings (SSSR count). The second-order valence-electron chi connectivity index (χ2n) is 5.81. The average molecular weight is 451 g/mol. The maximum atomic E-state index is 11.7. The molecule has 0 radical (unpaired) electrons. The molecule has 1 aromatic heterocycles. The molecule has 29 heavy (non-hydrogen) atoms. The van der Waals surface area contributed by atoms with Crippen molar-refractivity contribution in [3.05, 3.63) is 74.4 Å². The minimum Gasteiger partial charge on any atom is -0.488 e. The molecule has 0 aliphatic carbocycles. The van der Waals surface area contributed by atoms with Crippen LogP contribution in [-0.2, 0) is 17.8 Å². The van der Waals surface area contributed by atoms with E-state index in [1.54, 1.807) is 36.4 Å². The molecule has 6 nitrogen and oxygen atoms in total. The number of aliphatic carboxylic acids is 1. The number of carbonyl (C=O) groups is 1. The zero-order valence-corrected chi connectivity index (χ0v) is 17.6. The third-order valence-corrected chi connectivity index (χ3v) is 5.33. The van der Waals surface area contributed by atoms with Gasteiger partial charge in [0.15, 0.2) is 0 Å². The summed E-state index contributed by atoms with van der Waals surface area (Å²) in [6, 6.07) is 12.4. The van der Waals surface area contributed by atoms with Gasteiger partial charge >= 0.3 is 5.97 Å². The SMILES string of the molecule is CCc1nnc(S/C(=C\c2ccccc2OCc2ccc(Cl)c(Cl)c2)C(=O)O)o1. The normalized spacial score (nSPS) is 11.5. The van der Waals surface area contributed by atoms with Crippen LogP contribution in [0.3, 0.4) is 0 Å². The van der Waals surface area contributed by atoms with E-state index in [-0.39, 0.29) is 16.7 Å². The summed E-state index contributed by atoms with van der Waals surface area (Å²) >= 11 is 12.9. The van der Waals surface area contributed by atoms with Crippen molar-refractivity contribution in [3.63, 3.8) is 0 Å². The van der Waals surface area contributed by atoms with E-state index in [2.05, 4.69) is 10.2 Å². The summed E-state index contributed by atoms with van der Waals surface area (Å²) in [6.07, 6.45) is 2.08. The molecular weight excluding hydrogens is 435 g/mol. The van der Waals surface area contributed by atoms with Crippen molar-refractivity contribution in [2.45, 2.75) is 25.2 Å². The van der Waals surface area contributed by atoms with Gasteiger partial charge in [0.2, 0.25) is 5.89 Å². The molecule has 150 valence electrons. The van der Waals surface area contributed by atoms with Gasteiger partial charge in [0.1, 0.15) is 17.3 Å². The summed E-state index contributed by atoms with van der Waals surface area (Å²) in [5.41, 5.74) is 1.44. The van der Waals surface area contributed by atoms with E-state index in [0.29, 0.717) is 33.7 Å². The van der Waals surface area contributed by atoms with Crippen LogP contribution in [0.25, 0.3) is 6.08 Å². The number of thioether (sulfide) groups is 1. The maximum Gasteiger partial charge on any atom is 0.342 e. The fourth-order valence-corrected chi connectivity index (χ4v) is 3.32. The first-order chi connectivity index (χ1) is 14.0. The lowest BCUT2D eigenvalue weighted by atomic mass is 10.2. The Morgan fingerprint density at radius 1 is 1.21 bits per heavy atom. The monoisotopic (exact) mass is 450 g/mol. The van der Waals surface area contributed by atoms with Gasteiger partial charge in [0.25, 0.3) is 5.22 Å². The summed E-state index contributed by atoms with van der Waals surface area (Å²) < 4.78 is 11.3. The molecule has 9 heteroatoms. The molecule has 0 fully saturated rings. The number of carboxylic acids is 1. The van der Waals surface area contributed by atoms with E-state index in [1.807, 2.05) is 13.0 Å². The van der Waals surface area contributed by atoms with Crippen LogP contribution in [0.5, 0.6) is 5.75 Å². The number of ether oxygens (including phenoxy) is 1. The number of hydrogen-bond donors (Lipinski definition) is 1. The van der Waals surface area contributed by atoms with E-state index in [0.717, 1.165) is 17.3 Å². The molecule has 0 atom stereocenters. The Kier molecular flexibility index (Phi) is 7.19. The molecule has 2 aromatic carbocycles. The number of carboxylic acid groups (broad SMARTS) is 1.